The van der Waals surface area contributed by atoms with E-state index in [0.29, 0.717) is 13.1 Å². The second-order valence-electron chi connectivity index (χ2n) is 8.97. The number of carbonyl (C=O) groups is 3. The van der Waals surface area contributed by atoms with Crippen molar-refractivity contribution in [3.05, 3.63) is 58.1 Å². The van der Waals surface area contributed by atoms with Crippen molar-refractivity contribution in [3.8, 4) is 0 Å². The third-order valence-electron chi connectivity index (χ3n) is 6.28. The molecule has 3 rings (SSSR count). The largest absolute Gasteiger partial charge is 0.481 e. The Morgan fingerprint density at radius 1 is 1.21 bits per heavy atom. The smallest absolute Gasteiger partial charge is 0.305 e. The monoisotopic (exact) mass is 525 g/mol. The van der Waals surface area contributed by atoms with Gasteiger partial charge >= 0.3 is 5.97 Å². The van der Waals surface area contributed by atoms with Gasteiger partial charge in [-0.15, -0.1) is 0 Å². The number of nitrogens with zero attached hydrogens (tertiary/aromatic N) is 4. The molecule has 0 saturated carbocycles. The molecule has 0 saturated heterocycles. The SMILES string of the molecule is CCC(C(=O)NC(CC(=O)O)C(=O)CN1Cc2ccccc2C1)n1ccnc(NCC(=N)/C(C)=N\O)c1=O. The Kier molecular flexibility index (Phi) is 9.44. The molecule has 5 N–H and O–H groups in total. The number of carbonyl (C=O) groups excluding carboxylic acids is 2. The fourth-order valence-corrected chi connectivity index (χ4v) is 4.19. The number of carboxylic acid groups (broad SMARTS) is 1. The maximum atomic E-state index is 13.2. The maximum Gasteiger partial charge on any atom is 0.305 e. The zero-order valence-corrected chi connectivity index (χ0v) is 21.2. The van der Waals surface area contributed by atoms with Crippen LogP contribution in [0.5, 0.6) is 0 Å². The first-order valence-corrected chi connectivity index (χ1v) is 12.1. The summed E-state index contributed by atoms with van der Waals surface area (Å²) >= 11 is 0. The van der Waals surface area contributed by atoms with E-state index in [2.05, 4.69) is 20.8 Å². The summed E-state index contributed by atoms with van der Waals surface area (Å²) < 4.78 is 1.14. The van der Waals surface area contributed by atoms with Crippen LogP contribution in [0.15, 0.2) is 46.6 Å². The average Bonchev–Trinajstić information content (AvgIpc) is 3.30. The number of Topliss-reactive ketones (excluding diaryl/α,β-unsaturated/α-hetero) is 1. The maximum absolute atomic E-state index is 13.2. The van der Waals surface area contributed by atoms with Crippen LogP contribution in [0.3, 0.4) is 0 Å². The molecule has 202 valence electrons. The first-order chi connectivity index (χ1) is 18.1. The molecule has 1 amide bonds. The Balaban J connectivity index is 1.72. The van der Waals surface area contributed by atoms with Crippen LogP contribution in [0.2, 0.25) is 0 Å². The van der Waals surface area contributed by atoms with Crippen LogP contribution in [0.25, 0.3) is 0 Å². The topological polar surface area (TPSA) is 190 Å². The number of amides is 1. The van der Waals surface area contributed by atoms with E-state index in [1.54, 1.807) is 6.92 Å². The molecule has 2 atom stereocenters. The van der Waals surface area contributed by atoms with Crippen LogP contribution in [-0.2, 0) is 27.5 Å². The summed E-state index contributed by atoms with van der Waals surface area (Å²) in [5.41, 5.74) is 1.55. The van der Waals surface area contributed by atoms with Gasteiger partial charge in [0.25, 0.3) is 5.56 Å². The van der Waals surface area contributed by atoms with Crippen LogP contribution in [-0.4, -0.2) is 73.0 Å². The van der Waals surface area contributed by atoms with Gasteiger partial charge in [-0.05, 0) is 24.5 Å². The molecule has 2 unspecified atom stereocenters. The lowest BCUT2D eigenvalue weighted by molar-refractivity contribution is -0.140. The Morgan fingerprint density at radius 2 is 1.87 bits per heavy atom. The molecule has 13 nitrogen and oxygen atoms in total. The van der Waals surface area contributed by atoms with E-state index in [-0.39, 0.29) is 36.8 Å². The molecule has 1 aliphatic rings. The summed E-state index contributed by atoms with van der Waals surface area (Å²) in [5.74, 6) is -2.47. The van der Waals surface area contributed by atoms with Crippen molar-refractivity contribution in [1.82, 2.24) is 19.8 Å². The molecule has 1 aromatic heterocycles. The first kappa shape index (κ1) is 28.2. The lowest BCUT2D eigenvalue weighted by atomic mass is 10.1. The normalized spacial score (nSPS) is 14.8. The fraction of sp³-hybridized carbons (Fsp3) is 0.400. The zero-order valence-electron chi connectivity index (χ0n) is 21.2. The third-order valence-corrected chi connectivity index (χ3v) is 6.28. The number of hydrogen-bond acceptors (Lipinski definition) is 10. The van der Waals surface area contributed by atoms with Gasteiger partial charge in [0, 0.05) is 25.5 Å². The van der Waals surface area contributed by atoms with Crippen molar-refractivity contribution in [2.45, 2.75) is 51.9 Å². The van der Waals surface area contributed by atoms with E-state index in [0.717, 1.165) is 15.7 Å². The predicted molar refractivity (Wildman–Crippen MR) is 139 cm³/mol. The van der Waals surface area contributed by atoms with Gasteiger partial charge in [-0.3, -0.25) is 28.6 Å². The minimum atomic E-state index is -1.27. The highest BCUT2D eigenvalue weighted by molar-refractivity contribution is 6.41. The highest BCUT2D eigenvalue weighted by atomic mass is 16.4. The zero-order chi connectivity index (χ0) is 27.8. The van der Waals surface area contributed by atoms with E-state index in [4.69, 9.17) is 10.6 Å². The number of carboxylic acids is 1. The molecule has 0 aliphatic carbocycles. The van der Waals surface area contributed by atoms with Gasteiger partial charge in [-0.1, -0.05) is 36.3 Å². The van der Waals surface area contributed by atoms with Gasteiger partial charge in [0.2, 0.25) is 5.91 Å². The molecular weight excluding hydrogens is 494 g/mol. The number of ketones is 1. The summed E-state index contributed by atoms with van der Waals surface area (Å²) in [6.07, 6.45) is 2.22. The van der Waals surface area contributed by atoms with Gasteiger partial charge in [0.1, 0.15) is 6.04 Å². The number of nitrogens with one attached hydrogen (secondary N) is 3. The molecule has 0 fully saturated rings. The molecule has 2 aromatic rings. The van der Waals surface area contributed by atoms with Crippen LogP contribution < -0.4 is 16.2 Å². The lowest BCUT2D eigenvalue weighted by Gasteiger charge is -2.24. The summed E-state index contributed by atoms with van der Waals surface area (Å²) in [4.78, 5) is 56.6. The quantitative estimate of drug-likeness (QED) is 0.144. The van der Waals surface area contributed by atoms with E-state index in [1.807, 2.05) is 29.2 Å². The van der Waals surface area contributed by atoms with Crippen molar-refractivity contribution in [3.63, 3.8) is 0 Å². The lowest BCUT2D eigenvalue weighted by Crippen LogP contribution is -2.49. The Labute approximate surface area is 218 Å². The van der Waals surface area contributed by atoms with Crippen LogP contribution in [0.1, 0.15) is 43.9 Å². The van der Waals surface area contributed by atoms with Crippen molar-refractivity contribution in [2.75, 3.05) is 18.4 Å². The number of benzene rings is 1. The minimum absolute atomic E-state index is 0.0323. The number of hydrogen-bond donors (Lipinski definition) is 5. The van der Waals surface area contributed by atoms with Crippen LogP contribution >= 0.6 is 0 Å². The molecule has 1 aliphatic heterocycles. The summed E-state index contributed by atoms with van der Waals surface area (Å²) in [7, 11) is 0. The van der Waals surface area contributed by atoms with Crippen molar-refractivity contribution < 1.29 is 24.7 Å². The molecule has 1 aromatic carbocycles. The Hall–Kier alpha value is -4.39. The van der Waals surface area contributed by atoms with Crippen LogP contribution in [0.4, 0.5) is 5.82 Å². The van der Waals surface area contributed by atoms with Crippen molar-refractivity contribution >= 4 is 34.9 Å². The van der Waals surface area contributed by atoms with Crippen LogP contribution in [0, 0.1) is 5.41 Å². The number of aromatic nitrogens is 2. The van der Waals surface area contributed by atoms with Gasteiger partial charge in [0.05, 0.1) is 37.0 Å². The van der Waals surface area contributed by atoms with Gasteiger partial charge < -0.3 is 26.4 Å². The fourth-order valence-electron chi connectivity index (χ4n) is 4.19. The standard InChI is InChI=1S/C25H31N7O6/c1-3-20(32-9-8-27-23(25(32)37)28-11-18(26)15(2)30-38)24(36)29-19(10-22(34)35)21(33)14-31-12-16-6-4-5-7-17(16)13-31/h4-9,19-20,26,38H,3,10-14H2,1-2H3,(H,27,28)(H,29,36)(H,34,35)/b26-18?,30-15-. The van der Waals surface area contributed by atoms with Gasteiger partial charge in [-0.25, -0.2) is 4.98 Å². The molecule has 13 heteroatoms. The summed E-state index contributed by atoms with van der Waals surface area (Å²) in [6.45, 7) is 4.04. The second-order valence-corrected chi connectivity index (χ2v) is 8.97. The molecule has 0 spiro atoms. The van der Waals surface area contributed by atoms with E-state index in [1.165, 1.54) is 19.3 Å². The van der Waals surface area contributed by atoms with E-state index < -0.39 is 41.7 Å². The number of rotatable bonds is 13. The highest BCUT2D eigenvalue weighted by Gasteiger charge is 2.30. The van der Waals surface area contributed by atoms with E-state index >= 15 is 0 Å². The summed E-state index contributed by atoms with van der Waals surface area (Å²) in [6, 6.07) is 5.47. The summed E-state index contributed by atoms with van der Waals surface area (Å²) in [5, 5.41) is 34.1. The Bertz CT molecular complexity index is 1280. The van der Waals surface area contributed by atoms with Crippen molar-refractivity contribution in [1.29, 1.82) is 5.41 Å². The number of aliphatic carboxylic acids is 1. The minimum Gasteiger partial charge on any atom is -0.481 e. The van der Waals surface area contributed by atoms with Gasteiger partial charge in [0.15, 0.2) is 11.6 Å². The molecule has 38 heavy (non-hydrogen) atoms. The average molecular weight is 526 g/mol. The number of oxime groups is 1. The third kappa shape index (κ3) is 6.88. The second kappa shape index (κ2) is 12.7. The molecule has 2 heterocycles. The Morgan fingerprint density at radius 3 is 2.45 bits per heavy atom. The molecule has 0 radical (unpaired) electrons. The van der Waals surface area contributed by atoms with Gasteiger partial charge in [-0.2, -0.15) is 0 Å². The first-order valence-electron chi connectivity index (χ1n) is 12.1. The molecular formula is C25H31N7O6. The van der Waals surface area contributed by atoms with Crippen molar-refractivity contribution in [2.24, 2.45) is 5.16 Å². The predicted octanol–water partition coefficient (Wildman–Crippen LogP) is 1.02. The number of fused-ring (bicyclic) bond motifs is 1. The number of anilines is 1. The highest BCUT2D eigenvalue weighted by Crippen LogP contribution is 2.22. The molecule has 0 bridgehead atoms. The van der Waals surface area contributed by atoms with E-state index in [9.17, 15) is 24.3 Å².